The van der Waals surface area contributed by atoms with Crippen LogP contribution in [0.1, 0.15) is 5.56 Å². The van der Waals surface area contributed by atoms with Crippen LogP contribution >= 0.6 is 0 Å². The van der Waals surface area contributed by atoms with E-state index in [2.05, 4.69) is 22.2 Å². The normalized spacial score (nSPS) is 13.2. The van der Waals surface area contributed by atoms with Crippen molar-refractivity contribution < 1.29 is 14.5 Å². The van der Waals surface area contributed by atoms with Crippen molar-refractivity contribution in [1.29, 1.82) is 0 Å². The molecular formula is C27H29N9O4. The first kappa shape index (κ1) is 26.4. The number of nitrogens with one attached hydrogen (secondary N) is 2. The minimum absolute atomic E-state index is 0.0385. The summed E-state index contributed by atoms with van der Waals surface area (Å²) in [7, 11) is 1.60. The molecule has 0 unspecified atom stereocenters. The van der Waals surface area contributed by atoms with Gasteiger partial charge in [-0.05, 0) is 29.8 Å². The molecule has 0 spiro atoms. The second-order valence-electron chi connectivity index (χ2n) is 9.14. The van der Waals surface area contributed by atoms with E-state index in [0.29, 0.717) is 67.9 Å². The van der Waals surface area contributed by atoms with Gasteiger partial charge in [0.25, 0.3) is 5.69 Å². The second kappa shape index (κ2) is 11.7. The molecule has 2 amide bonds. The molecule has 0 bridgehead atoms. The molecule has 4 aromatic rings. The van der Waals surface area contributed by atoms with Gasteiger partial charge in [-0.1, -0.05) is 18.2 Å². The summed E-state index contributed by atoms with van der Waals surface area (Å²) in [5.74, 6) is 1.83. The van der Waals surface area contributed by atoms with Gasteiger partial charge in [0.1, 0.15) is 5.75 Å². The number of methoxy groups -OCH3 is 1. The fourth-order valence-electron chi connectivity index (χ4n) is 4.39. The van der Waals surface area contributed by atoms with Crippen LogP contribution in [0, 0.1) is 10.1 Å². The Morgan fingerprint density at radius 2 is 1.82 bits per heavy atom. The van der Waals surface area contributed by atoms with E-state index in [-0.39, 0.29) is 11.7 Å². The predicted molar refractivity (Wildman–Crippen MR) is 152 cm³/mol. The van der Waals surface area contributed by atoms with E-state index in [4.69, 9.17) is 14.7 Å². The number of nitro benzene ring substituents is 1. The standard InChI is InChI=1S/C27H29N9O4/c1-3-12-28-24-23-25(35(18-29-23)17-19-4-8-21(9-5-19)36(38)39)32-26(31-24)33-13-15-34(16-14-33)27(37)30-20-6-10-22(40-2)11-7-20/h3-11,18H,1,12-17H2,2H3,(H,30,37)(H,28,31,32). The number of amides is 2. The van der Waals surface area contributed by atoms with Gasteiger partial charge in [0.05, 0.1) is 24.9 Å². The molecule has 3 heterocycles. The average Bonchev–Trinajstić information content (AvgIpc) is 3.39. The van der Waals surface area contributed by atoms with Crippen LogP contribution in [0.3, 0.4) is 0 Å². The largest absolute Gasteiger partial charge is 0.497 e. The lowest BCUT2D eigenvalue weighted by Gasteiger charge is -2.34. The lowest BCUT2D eigenvalue weighted by Crippen LogP contribution is -2.50. The third kappa shape index (κ3) is 5.77. The third-order valence-corrected chi connectivity index (χ3v) is 6.56. The molecule has 13 nitrogen and oxygen atoms in total. The number of carbonyl (C=O) groups excluding carboxylic acids is 1. The number of ether oxygens (including phenoxy) is 1. The Bertz CT molecular complexity index is 1510. The van der Waals surface area contributed by atoms with E-state index in [1.54, 1.807) is 60.8 Å². The van der Waals surface area contributed by atoms with E-state index in [1.807, 2.05) is 9.47 Å². The van der Waals surface area contributed by atoms with E-state index < -0.39 is 4.92 Å². The Labute approximate surface area is 230 Å². The molecular weight excluding hydrogens is 514 g/mol. The van der Waals surface area contributed by atoms with Crippen molar-refractivity contribution >= 4 is 40.3 Å². The van der Waals surface area contributed by atoms with Gasteiger partial charge in [-0.3, -0.25) is 10.1 Å². The molecule has 0 saturated carbocycles. The lowest BCUT2D eigenvalue weighted by atomic mass is 10.2. The zero-order valence-electron chi connectivity index (χ0n) is 22.0. The number of non-ortho nitro benzene ring substituents is 1. The first-order valence-electron chi connectivity index (χ1n) is 12.7. The number of aromatic nitrogens is 4. The summed E-state index contributed by atoms with van der Waals surface area (Å²) in [6.45, 7) is 6.82. The molecule has 1 aliphatic heterocycles. The number of hydrogen-bond acceptors (Lipinski definition) is 9. The minimum atomic E-state index is -0.421. The van der Waals surface area contributed by atoms with E-state index in [9.17, 15) is 14.9 Å². The summed E-state index contributed by atoms with van der Waals surface area (Å²) in [5, 5.41) is 17.2. The van der Waals surface area contributed by atoms with Crippen LogP contribution in [0.15, 0.2) is 67.5 Å². The molecule has 206 valence electrons. The topological polar surface area (TPSA) is 144 Å². The molecule has 0 atom stereocenters. The maximum atomic E-state index is 12.8. The summed E-state index contributed by atoms with van der Waals surface area (Å²) in [6.07, 6.45) is 3.42. The van der Waals surface area contributed by atoms with Crippen LogP contribution in [-0.4, -0.2) is 75.2 Å². The van der Waals surface area contributed by atoms with Crippen molar-refractivity contribution in [2.45, 2.75) is 6.54 Å². The van der Waals surface area contributed by atoms with Crippen LogP contribution in [0.2, 0.25) is 0 Å². The smallest absolute Gasteiger partial charge is 0.321 e. The summed E-state index contributed by atoms with van der Waals surface area (Å²) >= 11 is 0. The van der Waals surface area contributed by atoms with Crippen LogP contribution in [0.25, 0.3) is 11.2 Å². The van der Waals surface area contributed by atoms with Crippen LogP contribution in [-0.2, 0) is 6.54 Å². The second-order valence-corrected chi connectivity index (χ2v) is 9.14. The van der Waals surface area contributed by atoms with Crippen molar-refractivity contribution in [3.63, 3.8) is 0 Å². The van der Waals surface area contributed by atoms with E-state index in [0.717, 1.165) is 11.3 Å². The summed E-state index contributed by atoms with van der Waals surface area (Å²) in [5.41, 5.74) is 2.86. The number of nitro groups is 1. The zero-order chi connectivity index (χ0) is 28.1. The van der Waals surface area contributed by atoms with Gasteiger partial charge in [-0.25, -0.2) is 9.78 Å². The first-order chi connectivity index (χ1) is 19.4. The molecule has 1 fully saturated rings. The quantitative estimate of drug-likeness (QED) is 0.183. The van der Waals surface area contributed by atoms with E-state index >= 15 is 0 Å². The number of rotatable bonds is 9. The summed E-state index contributed by atoms with van der Waals surface area (Å²) in [4.78, 5) is 41.3. The predicted octanol–water partition coefficient (Wildman–Crippen LogP) is 3.74. The van der Waals surface area contributed by atoms with Gasteiger partial charge in [0.15, 0.2) is 17.0 Å². The number of nitrogens with zero attached hydrogens (tertiary/aromatic N) is 7. The Hall–Kier alpha value is -5.20. The number of benzene rings is 2. The Morgan fingerprint density at radius 1 is 1.10 bits per heavy atom. The zero-order valence-corrected chi connectivity index (χ0v) is 22.0. The molecule has 1 aliphatic rings. The maximum Gasteiger partial charge on any atom is 0.321 e. The SMILES string of the molecule is C=CCNc1nc(N2CCN(C(=O)Nc3ccc(OC)cc3)CC2)nc2c1ncn2Cc1ccc([N+](=O)[O-])cc1. The summed E-state index contributed by atoms with van der Waals surface area (Å²) in [6, 6.07) is 13.4. The number of fused-ring (bicyclic) bond motifs is 1. The van der Waals surface area contributed by atoms with Gasteiger partial charge >= 0.3 is 6.03 Å². The maximum absolute atomic E-state index is 12.8. The van der Waals surface area contributed by atoms with Gasteiger partial charge in [-0.2, -0.15) is 9.97 Å². The molecule has 2 aromatic heterocycles. The minimum Gasteiger partial charge on any atom is -0.497 e. The first-order valence-corrected chi connectivity index (χ1v) is 12.7. The Morgan fingerprint density at radius 3 is 2.48 bits per heavy atom. The number of anilines is 3. The number of urea groups is 1. The van der Waals surface area contributed by atoms with Gasteiger partial charge in [0.2, 0.25) is 5.95 Å². The molecule has 0 aliphatic carbocycles. The summed E-state index contributed by atoms with van der Waals surface area (Å²) < 4.78 is 7.06. The molecule has 0 radical (unpaired) electrons. The fourth-order valence-corrected chi connectivity index (χ4v) is 4.39. The highest BCUT2D eigenvalue weighted by Crippen LogP contribution is 2.25. The van der Waals surface area contributed by atoms with Crippen molar-refractivity contribution in [2.24, 2.45) is 0 Å². The average molecular weight is 544 g/mol. The Kier molecular flexibility index (Phi) is 7.71. The number of imidazole rings is 1. The monoisotopic (exact) mass is 543 g/mol. The van der Waals surface area contributed by atoms with Gasteiger partial charge < -0.3 is 29.7 Å². The van der Waals surface area contributed by atoms with Crippen molar-refractivity contribution in [2.75, 3.05) is 55.4 Å². The molecule has 40 heavy (non-hydrogen) atoms. The van der Waals surface area contributed by atoms with Crippen LogP contribution in [0.5, 0.6) is 5.75 Å². The van der Waals surface area contributed by atoms with E-state index in [1.165, 1.54) is 12.1 Å². The molecule has 2 aromatic carbocycles. The van der Waals surface area contributed by atoms with Crippen molar-refractivity contribution in [1.82, 2.24) is 24.4 Å². The number of piperazine rings is 1. The molecule has 13 heteroatoms. The molecule has 1 saturated heterocycles. The highest BCUT2D eigenvalue weighted by Gasteiger charge is 2.24. The van der Waals surface area contributed by atoms with Crippen LogP contribution < -0.4 is 20.3 Å². The van der Waals surface area contributed by atoms with Gasteiger partial charge in [0, 0.05) is 50.5 Å². The number of carbonyl (C=O) groups is 1. The molecule has 5 rings (SSSR count). The third-order valence-electron chi connectivity index (χ3n) is 6.56. The lowest BCUT2D eigenvalue weighted by molar-refractivity contribution is -0.384. The fraction of sp³-hybridized carbons (Fsp3) is 0.259. The molecule has 2 N–H and O–H groups in total. The van der Waals surface area contributed by atoms with Crippen molar-refractivity contribution in [3.05, 3.63) is 83.2 Å². The van der Waals surface area contributed by atoms with Crippen LogP contribution in [0.4, 0.5) is 27.9 Å². The highest BCUT2D eigenvalue weighted by molar-refractivity contribution is 5.89. The Balaban J connectivity index is 1.32. The van der Waals surface area contributed by atoms with Crippen molar-refractivity contribution in [3.8, 4) is 5.75 Å². The highest BCUT2D eigenvalue weighted by atomic mass is 16.6. The number of hydrogen-bond donors (Lipinski definition) is 2. The van der Waals surface area contributed by atoms with Gasteiger partial charge in [-0.15, -0.1) is 6.58 Å².